The molecule has 5 rings (SSSR count). The van der Waals surface area contributed by atoms with Crippen molar-refractivity contribution in [3.05, 3.63) is 42.0 Å². The highest BCUT2D eigenvalue weighted by Gasteiger charge is 2.43. The highest BCUT2D eigenvalue weighted by Crippen LogP contribution is 2.43. The van der Waals surface area contributed by atoms with Crippen LogP contribution in [0.15, 0.2) is 36.4 Å². The summed E-state index contributed by atoms with van der Waals surface area (Å²) in [5.41, 5.74) is 10.9. The van der Waals surface area contributed by atoms with Gasteiger partial charge in [-0.15, -0.1) is 0 Å². The van der Waals surface area contributed by atoms with Gasteiger partial charge in [-0.3, -0.25) is 4.79 Å². The van der Waals surface area contributed by atoms with Crippen molar-refractivity contribution in [2.75, 3.05) is 33.9 Å². The molecule has 0 unspecified atom stereocenters. The number of ether oxygens (including phenoxy) is 3. The topological polar surface area (TPSA) is 89.8 Å². The smallest absolute Gasteiger partial charge is 0.260 e. The third kappa shape index (κ3) is 4.96. The van der Waals surface area contributed by atoms with Crippen LogP contribution in [0.25, 0.3) is 22.2 Å². The lowest BCUT2D eigenvalue weighted by Gasteiger charge is -2.48. The molecule has 2 fully saturated rings. The van der Waals surface area contributed by atoms with E-state index in [9.17, 15) is 4.79 Å². The SMILES string of the molecule is COc1ccc(-c2[nH]c3ccc(OCC(=O)N4CCC[C@]5(CCCC[C@@H]5N)C4)cc3c2C(C)C)cc1OC. The molecule has 7 heteroatoms. The number of carbonyl (C=O) groups excluding carboxylic acids is 1. The molecule has 2 heterocycles. The fraction of sp³-hybridized carbons (Fsp3) is 0.516. The van der Waals surface area contributed by atoms with Gasteiger partial charge in [0.25, 0.3) is 5.91 Å². The van der Waals surface area contributed by atoms with E-state index in [1.54, 1.807) is 14.2 Å². The molecule has 1 aliphatic heterocycles. The van der Waals surface area contributed by atoms with E-state index in [-0.39, 0.29) is 29.9 Å². The zero-order valence-electron chi connectivity index (χ0n) is 23.1. The number of hydrogen-bond donors (Lipinski definition) is 2. The third-order valence-electron chi connectivity index (χ3n) is 8.61. The maximum atomic E-state index is 13.2. The Morgan fingerprint density at radius 3 is 2.61 bits per heavy atom. The zero-order valence-corrected chi connectivity index (χ0v) is 23.1. The highest BCUT2D eigenvalue weighted by atomic mass is 16.5. The first-order valence-corrected chi connectivity index (χ1v) is 13.9. The molecule has 2 atom stereocenters. The molecular weight excluding hydrogens is 478 g/mol. The van der Waals surface area contributed by atoms with Crippen molar-refractivity contribution < 1.29 is 19.0 Å². The molecule has 3 N–H and O–H groups in total. The number of methoxy groups -OCH3 is 2. The molecule has 0 radical (unpaired) electrons. The minimum Gasteiger partial charge on any atom is -0.493 e. The van der Waals surface area contributed by atoms with Gasteiger partial charge in [-0.25, -0.2) is 0 Å². The monoisotopic (exact) mass is 519 g/mol. The molecule has 204 valence electrons. The molecule has 3 aromatic rings. The number of rotatable bonds is 7. The standard InChI is InChI=1S/C31H41N3O4/c1-20(2)29-23-17-22(10-11-24(23)33-30(29)21-9-12-25(36-3)26(16-21)37-4)38-18-28(35)34-15-7-14-31(19-34)13-6-5-8-27(31)32/h9-12,16-17,20,27,33H,5-8,13-15,18-19,32H2,1-4H3/t27-,31+/m0/s1. The predicted octanol–water partition coefficient (Wildman–Crippen LogP) is 5.86. The third-order valence-corrected chi connectivity index (χ3v) is 8.61. The summed E-state index contributed by atoms with van der Waals surface area (Å²) in [4.78, 5) is 18.8. The van der Waals surface area contributed by atoms with E-state index >= 15 is 0 Å². The van der Waals surface area contributed by atoms with Crippen molar-refractivity contribution in [1.82, 2.24) is 9.88 Å². The second-order valence-electron chi connectivity index (χ2n) is 11.3. The van der Waals surface area contributed by atoms with Crippen molar-refractivity contribution in [2.45, 2.75) is 64.3 Å². The number of hydrogen-bond acceptors (Lipinski definition) is 5. The molecule has 1 saturated heterocycles. The van der Waals surface area contributed by atoms with Crippen LogP contribution in [0, 0.1) is 5.41 Å². The van der Waals surface area contributed by atoms with Gasteiger partial charge in [-0.05, 0) is 73.6 Å². The Balaban J connectivity index is 1.35. The summed E-state index contributed by atoms with van der Waals surface area (Å²) in [5.74, 6) is 2.41. The largest absolute Gasteiger partial charge is 0.493 e. The van der Waals surface area contributed by atoms with Crippen LogP contribution >= 0.6 is 0 Å². The molecule has 2 aromatic carbocycles. The van der Waals surface area contributed by atoms with Crippen LogP contribution in [0.3, 0.4) is 0 Å². The predicted molar refractivity (Wildman–Crippen MR) is 151 cm³/mol. The molecular formula is C31H41N3O4. The Kier molecular flexibility index (Phi) is 7.57. The quantitative estimate of drug-likeness (QED) is 0.408. The van der Waals surface area contributed by atoms with E-state index in [0.717, 1.165) is 60.9 Å². The maximum Gasteiger partial charge on any atom is 0.260 e. The molecule has 1 aromatic heterocycles. The summed E-state index contributed by atoms with van der Waals surface area (Å²) in [7, 11) is 3.29. The number of likely N-dealkylation sites (tertiary alicyclic amines) is 1. The summed E-state index contributed by atoms with van der Waals surface area (Å²) in [6, 6.07) is 12.2. The number of fused-ring (bicyclic) bond motifs is 1. The van der Waals surface area contributed by atoms with Gasteiger partial charge in [-0.1, -0.05) is 26.7 Å². The lowest BCUT2D eigenvalue weighted by molar-refractivity contribution is -0.138. The molecule has 38 heavy (non-hydrogen) atoms. The molecule has 1 spiro atoms. The number of piperidine rings is 1. The second-order valence-corrected chi connectivity index (χ2v) is 11.3. The first-order chi connectivity index (χ1) is 18.3. The van der Waals surface area contributed by atoms with Gasteiger partial charge in [0.15, 0.2) is 18.1 Å². The van der Waals surface area contributed by atoms with E-state index < -0.39 is 0 Å². The van der Waals surface area contributed by atoms with Crippen LogP contribution in [-0.4, -0.2) is 55.7 Å². The van der Waals surface area contributed by atoms with E-state index in [1.165, 1.54) is 18.4 Å². The number of benzene rings is 2. The van der Waals surface area contributed by atoms with Gasteiger partial charge in [-0.2, -0.15) is 0 Å². The minimum atomic E-state index is 0.0425. The maximum absolute atomic E-state index is 13.2. The van der Waals surface area contributed by atoms with Crippen LogP contribution in [0.5, 0.6) is 17.2 Å². The van der Waals surface area contributed by atoms with E-state index in [4.69, 9.17) is 19.9 Å². The Morgan fingerprint density at radius 1 is 1.08 bits per heavy atom. The number of nitrogens with one attached hydrogen (secondary N) is 1. The van der Waals surface area contributed by atoms with E-state index in [1.807, 2.05) is 41.3 Å². The van der Waals surface area contributed by atoms with Crippen molar-refractivity contribution in [3.8, 4) is 28.5 Å². The van der Waals surface area contributed by atoms with Gasteiger partial charge in [0.1, 0.15) is 5.75 Å². The van der Waals surface area contributed by atoms with Gasteiger partial charge in [0.2, 0.25) is 0 Å². The van der Waals surface area contributed by atoms with Gasteiger partial charge in [0.05, 0.1) is 19.9 Å². The number of nitrogens with zero attached hydrogens (tertiary/aromatic N) is 1. The fourth-order valence-electron chi connectivity index (χ4n) is 6.55. The number of amides is 1. The van der Waals surface area contributed by atoms with Crippen molar-refractivity contribution >= 4 is 16.8 Å². The number of H-pyrrole nitrogens is 1. The minimum absolute atomic E-state index is 0.0425. The molecule has 1 saturated carbocycles. The Labute approximate surface area is 225 Å². The summed E-state index contributed by atoms with van der Waals surface area (Å²) < 4.78 is 17.0. The Morgan fingerprint density at radius 2 is 1.87 bits per heavy atom. The van der Waals surface area contributed by atoms with E-state index in [2.05, 4.69) is 18.8 Å². The van der Waals surface area contributed by atoms with Gasteiger partial charge in [0, 0.05) is 41.0 Å². The van der Waals surface area contributed by atoms with Crippen molar-refractivity contribution in [3.63, 3.8) is 0 Å². The lowest BCUT2D eigenvalue weighted by Crippen LogP contribution is -2.56. The highest BCUT2D eigenvalue weighted by molar-refractivity contribution is 5.92. The second kappa shape index (κ2) is 10.9. The van der Waals surface area contributed by atoms with Crippen LogP contribution in [0.1, 0.15) is 63.9 Å². The number of aromatic nitrogens is 1. The fourth-order valence-corrected chi connectivity index (χ4v) is 6.55. The zero-order chi connectivity index (χ0) is 26.9. The first-order valence-electron chi connectivity index (χ1n) is 13.9. The number of carbonyl (C=O) groups is 1. The average molecular weight is 520 g/mol. The number of nitrogens with two attached hydrogens (primary N) is 1. The molecule has 0 bridgehead atoms. The molecule has 7 nitrogen and oxygen atoms in total. The molecule has 1 aliphatic carbocycles. The summed E-state index contributed by atoms with van der Waals surface area (Å²) in [6.45, 7) is 5.97. The van der Waals surface area contributed by atoms with Crippen LogP contribution < -0.4 is 19.9 Å². The van der Waals surface area contributed by atoms with Gasteiger partial charge >= 0.3 is 0 Å². The summed E-state index contributed by atoms with van der Waals surface area (Å²) in [6.07, 6.45) is 6.76. The van der Waals surface area contributed by atoms with Crippen LogP contribution in [-0.2, 0) is 4.79 Å². The van der Waals surface area contributed by atoms with Crippen molar-refractivity contribution in [1.29, 1.82) is 0 Å². The Bertz CT molecular complexity index is 1300. The summed E-state index contributed by atoms with van der Waals surface area (Å²) >= 11 is 0. The average Bonchev–Trinajstić information content (AvgIpc) is 3.32. The summed E-state index contributed by atoms with van der Waals surface area (Å²) in [5, 5.41) is 1.10. The van der Waals surface area contributed by atoms with Crippen molar-refractivity contribution in [2.24, 2.45) is 11.1 Å². The molecule has 1 amide bonds. The van der Waals surface area contributed by atoms with E-state index in [0.29, 0.717) is 17.2 Å². The Hall–Kier alpha value is -3.19. The van der Waals surface area contributed by atoms with Crippen LogP contribution in [0.4, 0.5) is 0 Å². The van der Waals surface area contributed by atoms with Crippen LogP contribution in [0.2, 0.25) is 0 Å². The number of aromatic amines is 1. The first kappa shape index (κ1) is 26.4. The molecule has 2 aliphatic rings. The normalized spacial score (nSPS) is 21.7. The lowest BCUT2D eigenvalue weighted by atomic mass is 9.66. The van der Waals surface area contributed by atoms with Gasteiger partial charge < -0.3 is 29.8 Å².